The van der Waals surface area contributed by atoms with Crippen LogP contribution in [0.5, 0.6) is 0 Å². The molecule has 334 valence electrons. The van der Waals surface area contributed by atoms with E-state index in [9.17, 15) is 0 Å². The zero-order valence-corrected chi connectivity index (χ0v) is 39.8. The summed E-state index contributed by atoms with van der Waals surface area (Å²) in [5.74, 6) is 0.336. The van der Waals surface area contributed by atoms with Crippen LogP contribution in [0.25, 0.3) is 71.6 Å². The van der Waals surface area contributed by atoms with Crippen molar-refractivity contribution in [2.24, 2.45) is 5.92 Å². The summed E-state index contributed by atoms with van der Waals surface area (Å²) in [4.78, 5) is 2.56. The fourth-order valence-corrected chi connectivity index (χ4v) is 13.5. The van der Waals surface area contributed by atoms with E-state index in [4.69, 9.17) is 0 Å². The van der Waals surface area contributed by atoms with Crippen molar-refractivity contribution in [3.63, 3.8) is 0 Å². The predicted octanol–water partition coefficient (Wildman–Crippen LogP) is 18.3. The maximum atomic E-state index is 2.59. The summed E-state index contributed by atoms with van der Waals surface area (Å²) >= 11 is 0. The van der Waals surface area contributed by atoms with Crippen LogP contribution in [0.4, 0.5) is 17.1 Å². The van der Waals surface area contributed by atoms with E-state index in [0.717, 1.165) is 23.5 Å². The van der Waals surface area contributed by atoms with Gasteiger partial charge in [-0.3, -0.25) is 0 Å². The number of allylic oxidation sites excluding steroid dienone is 8. The van der Waals surface area contributed by atoms with E-state index in [1.54, 1.807) is 0 Å². The second-order valence-corrected chi connectivity index (χ2v) is 20.7. The lowest BCUT2D eigenvalue weighted by atomic mass is 9.67. The average Bonchev–Trinajstić information content (AvgIpc) is 3.98. The SMILES string of the molecule is CC1(C)c2ccccc2-c2ccc(N(c3cc(-c4ccccc4)cc(-c4ccccc4)c3)c3ccc4c(c3)C3(C5=C4CC4C=CC=CC4=C5)c4ccc5ccccc5c4-c4c3ccc3ccccc43)cc21. The summed E-state index contributed by atoms with van der Waals surface area (Å²) in [5.41, 5.74) is 25.3. The number of anilines is 3. The maximum absolute atomic E-state index is 2.59. The van der Waals surface area contributed by atoms with Crippen LogP contribution in [-0.4, -0.2) is 0 Å². The summed E-state index contributed by atoms with van der Waals surface area (Å²) in [6.45, 7) is 4.78. The lowest BCUT2D eigenvalue weighted by molar-refractivity contribution is 0.660. The quantitative estimate of drug-likeness (QED) is 0.166. The number of benzene rings is 10. The Kier molecular flexibility index (Phi) is 8.52. The van der Waals surface area contributed by atoms with Crippen molar-refractivity contribution in [1.82, 2.24) is 0 Å². The molecule has 1 atom stereocenters. The summed E-state index contributed by atoms with van der Waals surface area (Å²) in [5, 5.41) is 5.16. The van der Waals surface area contributed by atoms with Gasteiger partial charge in [-0.1, -0.05) is 214 Å². The minimum Gasteiger partial charge on any atom is -0.310 e. The molecule has 1 unspecified atom stereocenters. The minimum atomic E-state index is -0.555. The Morgan fingerprint density at radius 1 is 0.423 bits per heavy atom. The third-order valence-corrected chi connectivity index (χ3v) is 16.8. The Morgan fingerprint density at radius 2 is 0.986 bits per heavy atom. The standard InChI is InChI=1S/C70H49N/c1-69(2)61-28-16-15-27-57(61)58-33-31-52(42-64(58)69)71(54-38-50(44-17-5-3-6-18-44)37-51(39-54)45-19-7-4-8-20-45)53-32-34-59-60-40-48-23-9-10-24-49(48)41-65(60)70(66(59)43-53)62-35-29-46-21-11-13-25-55(46)67(62)68-56-26-14-12-22-47(56)30-36-63(68)70/h3-39,41-43,48H,40H2,1-2H3. The maximum Gasteiger partial charge on any atom is 0.0723 e. The van der Waals surface area contributed by atoms with Crippen LogP contribution in [-0.2, 0) is 10.8 Å². The van der Waals surface area contributed by atoms with Gasteiger partial charge in [0.25, 0.3) is 0 Å². The molecule has 10 aromatic rings. The molecule has 0 radical (unpaired) electrons. The van der Waals surface area contributed by atoms with Gasteiger partial charge in [-0.05, 0) is 165 Å². The first-order valence-electron chi connectivity index (χ1n) is 25.3. The lowest BCUT2D eigenvalue weighted by Gasteiger charge is -2.35. The molecule has 0 saturated carbocycles. The number of rotatable bonds is 5. The van der Waals surface area contributed by atoms with Gasteiger partial charge in [0.2, 0.25) is 0 Å². The van der Waals surface area contributed by atoms with Gasteiger partial charge in [-0.25, -0.2) is 0 Å². The normalized spacial score (nSPS) is 16.8. The highest BCUT2D eigenvalue weighted by Crippen LogP contribution is 2.67. The van der Waals surface area contributed by atoms with E-state index < -0.39 is 5.41 Å². The monoisotopic (exact) mass is 903 g/mol. The fourth-order valence-electron chi connectivity index (χ4n) is 13.5. The van der Waals surface area contributed by atoms with Crippen molar-refractivity contribution < 1.29 is 0 Å². The highest BCUT2D eigenvalue weighted by Gasteiger charge is 2.54. The average molecular weight is 904 g/mol. The number of fused-ring (bicyclic) bond motifs is 17. The molecular weight excluding hydrogens is 855 g/mol. The number of nitrogens with zero attached hydrogens (tertiary/aromatic N) is 1. The molecule has 0 saturated heterocycles. The fraction of sp³-hybridized carbons (Fsp3) is 0.0857. The highest BCUT2D eigenvalue weighted by atomic mass is 15.1. The van der Waals surface area contributed by atoms with Crippen LogP contribution < -0.4 is 4.90 Å². The lowest BCUT2D eigenvalue weighted by Crippen LogP contribution is -2.28. The van der Waals surface area contributed by atoms with Gasteiger partial charge in [0.1, 0.15) is 0 Å². The van der Waals surface area contributed by atoms with Gasteiger partial charge in [0.05, 0.1) is 5.41 Å². The predicted molar refractivity (Wildman–Crippen MR) is 298 cm³/mol. The largest absolute Gasteiger partial charge is 0.310 e. The molecule has 1 nitrogen and oxygen atoms in total. The molecule has 0 N–H and O–H groups in total. The van der Waals surface area contributed by atoms with Gasteiger partial charge < -0.3 is 4.90 Å². The summed E-state index contributed by atoms with van der Waals surface area (Å²) in [6, 6.07) is 80.5. The van der Waals surface area contributed by atoms with Crippen molar-refractivity contribution in [3.8, 4) is 44.5 Å². The first kappa shape index (κ1) is 40.4. The second-order valence-electron chi connectivity index (χ2n) is 20.7. The summed E-state index contributed by atoms with van der Waals surface area (Å²) < 4.78 is 0. The van der Waals surface area contributed by atoms with Crippen LogP contribution in [0.3, 0.4) is 0 Å². The Balaban J connectivity index is 1.04. The van der Waals surface area contributed by atoms with E-state index in [0.29, 0.717) is 5.92 Å². The van der Waals surface area contributed by atoms with Crippen LogP contribution in [0.15, 0.2) is 254 Å². The van der Waals surface area contributed by atoms with E-state index in [1.165, 1.54) is 116 Å². The molecule has 1 spiro atoms. The molecule has 5 aliphatic rings. The third kappa shape index (κ3) is 5.69. The molecule has 0 heterocycles. The molecule has 0 aliphatic heterocycles. The van der Waals surface area contributed by atoms with Crippen LogP contribution >= 0.6 is 0 Å². The Bertz CT molecular complexity index is 3900. The first-order valence-corrected chi connectivity index (χ1v) is 25.3. The van der Waals surface area contributed by atoms with E-state index in [2.05, 4.69) is 261 Å². The zero-order valence-electron chi connectivity index (χ0n) is 39.8. The smallest absolute Gasteiger partial charge is 0.0723 e. The van der Waals surface area contributed by atoms with E-state index in [1.807, 2.05) is 0 Å². The second kappa shape index (κ2) is 15.0. The van der Waals surface area contributed by atoms with E-state index in [-0.39, 0.29) is 5.41 Å². The Hall–Kier alpha value is -8.52. The van der Waals surface area contributed by atoms with Gasteiger partial charge >= 0.3 is 0 Å². The third-order valence-electron chi connectivity index (χ3n) is 16.8. The number of hydrogen-bond acceptors (Lipinski definition) is 1. The molecule has 0 aromatic heterocycles. The minimum absolute atomic E-state index is 0.171. The molecule has 1 heteroatoms. The summed E-state index contributed by atoms with van der Waals surface area (Å²) in [7, 11) is 0. The van der Waals surface area contributed by atoms with Crippen molar-refractivity contribution in [3.05, 3.63) is 287 Å². The molecule has 10 aromatic carbocycles. The highest BCUT2D eigenvalue weighted by molar-refractivity contribution is 6.14. The topological polar surface area (TPSA) is 3.24 Å². The molecule has 5 aliphatic carbocycles. The molecule has 0 bridgehead atoms. The van der Waals surface area contributed by atoms with Gasteiger partial charge in [0.15, 0.2) is 0 Å². The van der Waals surface area contributed by atoms with Gasteiger partial charge in [0, 0.05) is 28.4 Å². The van der Waals surface area contributed by atoms with Crippen molar-refractivity contribution in [1.29, 1.82) is 0 Å². The van der Waals surface area contributed by atoms with Crippen molar-refractivity contribution in [2.45, 2.75) is 31.1 Å². The van der Waals surface area contributed by atoms with Crippen molar-refractivity contribution in [2.75, 3.05) is 4.90 Å². The molecule has 71 heavy (non-hydrogen) atoms. The first-order chi connectivity index (χ1) is 34.9. The van der Waals surface area contributed by atoms with Gasteiger partial charge in [-0.15, -0.1) is 0 Å². The van der Waals surface area contributed by atoms with Crippen molar-refractivity contribution >= 4 is 44.2 Å². The molecule has 0 fully saturated rings. The molecular formula is C70H49N. The molecule has 0 amide bonds. The summed E-state index contributed by atoms with van der Waals surface area (Å²) in [6.07, 6.45) is 12.8. The Labute approximate surface area is 415 Å². The Morgan fingerprint density at radius 3 is 1.65 bits per heavy atom. The van der Waals surface area contributed by atoms with Crippen LogP contribution in [0.1, 0.15) is 53.6 Å². The van der Waals surface area contributed by atoms with E-state index >= 15 is 0 Å². The zero-order chi connectivity index (χ0) is 47.0. The molecule has 15 rings (SSSR count). The number of hydrogen-bond donors (Lipinski definition) is 0. The van der Waals surface area contributed by atoms with Crippen LogP contribution in [0, 0.1) is 5.92 Å². The van der Waals surface area contributed by atoms with Gasteiger partial charge in [-0.2, -0.15) is 0 Å². The van der Waals surface area contributed by atoms with Crippen LogP contribution in [0.2, 0.25) is 0 Å².